The predicted molar refractivity (Wildman–Crippen MR) is 57.7 cm³/mol. The molecule has 0 amide bonds. The summed E-state index contributed by atoms with van der Waals surface area (Å²) in [7, 11) is 0. The number of alkyl halides is 3. The Morgan fingerprint density at radius 1 is 1.35 bits per heavy atom. The Labute approximate surface area is 97.8 Å². The van der Waals surface area contributed by atoms with E-state index >= 15 is 0 Å². The van der Waals surface area contributed by atoms with Crippen molar-refractivity contribution in [3.63, 3.8) is 0 Å². The normalized spacial score (nSPS) is 17.5. The van der Waals surface area contributed by atoms with E-state index < -0.39 is 11.9 Å². The van der Waals surface area contributed by atoms with E-state index in [1.807, 2.05) is 0 Å². The summed E-state index contributed by atoms with van der Waals surface area (Å²) in [6, 6.07) is 0. The molecular formula is C11H16F3N3. The lowest BCUT2D eigenvalue weighted by Crippen LogP contribution is -2.43. The molecule has 3 nitrogen and oxygen atoms in total. The summed E-state index contributed by atoms with van der Waals surface area (Å²) >= 11 is 0. The van der Waals surface area contributed by atoms with Crippen molar-refractivity contribution in [1.82, 2.24) is 15.3 Å². The van der Waals surface area contributed by atoms with Crippen molar-refractivity contribution in [2.75, 3.05) is 13.1 Å². The molecule has 0 aromatic carbocycles. The molecule has 0 aliphatic carbocycles. The number of hydrogen-bond donors (Lipinski definition) is 2. The Hall–Kier alpha value is -1.04. The summed E-state index contributed by atoms with van der Waals surface area (Å²) in [4.78, 5) is 6.54. The molecular weight excluding hydrogens is 231 g/mol. The molecule has 0 atom stereocenters. The van der Waals surface area contributed by atoms with Crippen molar-refractivity contribution < 1.29 is 13.2 Å². The van der Waals surface area contributed by atoms with Crippen LogP contribution < -0.4 is 5.32 Å². The zero-order chi connectivity index (χ0) is 12.6. The number of nitrogens with one attached hydrogen (secondary N) is 2. The minimum atomic E-state index is -4.37. The summed E-state index contributed by atoms with van der Waals surface area (Å²) in [5.74, 6) is 0.655. The number of rotatable bonds is 3. The van der Waals surface area contributed by atoms with Crippen LogP contribution in [-0.2, 0) is 12.6 Å². The maximum atomic E-state index is 12.8. The van der Waals surface area contributed by atoms with Gasteiger partial charge in [-0.25, -0.2) is 4.98 Å². The zero-order valence-corrected chi connectivity index (χ0v) is 9.86. The Morgan fingerprint density at radius 3 is 2.35 bits per heavy atom. The molecule has 2 N–H and O–H groups in total. The van der Waals surface area contributed by atoms with Crippen molar-refractivity contribution in [2.45, 2.75) is 32.4 Å². The van der Waals surface area contributed by atoms with Crippen LogP contribution in [0.15, 0.2) is 0 Å². The number of halogens is 3. The van der Waals surface area contributed by atoms with E-state index in [1.165, 1.54) is 0 Å². The third-order valence-corrected chi connectivity index (χ3v) is 2.97. The largest absolute Gasteiger partial charge is 0.435 e. The van der Waals surface area contributed by atoms with Gasteiger partial charge in [-0.1, -0.05) is 13.8 Å². The highest BCUT2D eigenvalue weighted by Gasteiger charge is 2.38. The lowest BCUT2D eigenvalue weighted by atomic mass is 9.99. The Bertz CT molecular complexity index is 391. The quantitative estimate of drug-likeness (QED) is 0.860. The van der Waals surface area contributed by atoms with Crippen molar-refractivity contribution in [2.24, 2.45) is 5.92 Å². The first-order chi connectivity index (χ1) is 7.88. The lowest BCUT2D eigenvalue weighted by Gasteiger charge is -2.25. The molecule has 1 aromatic rings. The van der Waals surface area contributed by atoms with Gasteiger partial charge in [0.05, 0.1) is 0 Å². The number of aromatic amines is 1. The van der Waals surface area contributed by atoms with Crippen LogP contribution in [0.5, 0.6) is 0 Å². The van der Waals surface area contributed by atoms with Crippen molar-refractivity contribution in [3.8, 4) is 0 Å². The highest BCUT2D eigenvalue weighted by Crippen LogP contribution is 2.33. The van der Waals surface area contributed by atoms with Gasteiger partial charge in [0.15, 0.2) is 5.69 Å². The average Bonchev–Trinajstić information content (AvgIpc) is 2.54. The van der Waals surface area contributed by atoms with E-state index in [4.69, 9.17) is 0 Å². The number of nitrogens with zero attached hydrogens (tertiary/aromatic N) is 1. The van der Waals surface area contributed by atoms with E-state index in [1.54, 1.807) is 13.8 Å². The SMILES string of the molecule is CC(C)c1[nH]c(CC2CNC2)nc1C(F)(F)F. The van der Waals surface area contributed by atoms with Crippen LogP contribution in [0.25, 0.3) is 0 Å². The van der Waals surface area contributed by atoms with Gasteiger partial charge in [-0.2, -0.15) is 13.2 Å². The fourth-order valence-corrected chi connectivity index (χ4v) is 1.93. The van der Waals surface area contributed by atoms with Gasteiger partial charge >= 0.3 is 6.18 Å². The molecule has 0 saturated carbocycles. The first-order valence-electron chi connectivity index (χ1n) is 5.74. The molecule has 1 fully saturated rings. The fraction of sp³-hybridized carbons (Fsp3) is 0.727. The van der Waals surface area contributed by atoms with Crippen LogP contribution in [0.1, 0.15) is 37.0 Å². The number of H-pyrrole nitrogens is 1. The van der Waals surface area contributed by atoms with E-state index in [0.29, 0.717) is 18.2 Å². The van der Waals surface area contributed by atoms with Crippen LogP contribution in [0.3, 0.4) is 0 Å². The third-order valence-electron chi connectivity index (χ3n) is 2.97. The van der Waals surface area contributed by atoms with Gasteiger partial charge in [0.25, 0.3) is 0 Å². The monoisotopic (exact) mass is 247 g/mol. The first kappa shape index (κ1) is 12.4. The van der Waals surface area contributed by atoms with Crippen molar-refractivity contribution >= 4 is 0 Å². The van der Waals surface area contributed by atoms with Crippen LogP contribution in [0, 0.1) is 5.92 Å². The topological polar surface area (TPSA) is 40.7 Å². The molecule has 0 spiro atoms. The molecule has 17 heavy (non-hydrogen) atoms. The van der Waals surface area contributed by atoms with Gasteiger partial charge in [-0.05, 0) is 24.9 Å². The summed E-state index contributed by atoms with van der Waals surface area (Å²) in [5, 5.41) is 3.09. The average molecular weight is 247 g/mol. The molecule has 0 unspecified atom stereocenters. The van der Waals surface area contributed by atoms with Gasteiger partial charge in [-0.15, -0.1) is 0 Å². The second-order valence-corrected chi connectivity index (χ2v) is 4.83. The van der Waals surface area contributed by atoms with E-state index in [2.05, 4.69) is 15.3 Å². The van der Waals surface area contributed by atoms with E-state index in [9.17, 15) is 13.2 Å². The fourth-order valence-electron chi connectivity index (χ4n) is 1.93. The Kier molecular flexibility index (Phi) is 3.16. The third kappa shape index (κ3) is 2.62. The number of imidazole rings is 1. The molecule has 0 bridgehead atoms. The van der Waals surface area contributed by atoms with Crippen LogP contribution in [0.4, 0.5) is 13.2 Å². The second kappa shape index (κ2) is 4.33. The standard InChI is InChI=1S/C11H16F3N3/c1-6(2)9-10(11(12,13)14)17-8(16-9)3-7-4-15-5-7/h6-7,15H,3-5H2,1-2H3,(H,16,17). The minimum absolute atomic E-state index is 0.194. The molecule has 1 saturated heterocycles. The van der Waals surface area contributed by atoms with Gasteiger partial charge in [0.2, 0.25) is 0 Å². The molecule has 2 rings (SSSR count). The Morgan fingerprint density at radius 2 is 2.00 bits per heavy atom. The molecule has 6 heteroatoms. The van der Waals surface area contributed by atoms with Crippen LogP contribution >= 0.6 is 0 Å². The van der Waals surface area contributed by atoms with Gasteiger partial charge < -0.3 is 10.3 Å². The van der Waals surface area contributed by atoms with Gasteiger partial charge in [0.1, 0.15) is 5.82 Å². The molecule has 1 aliphatic heterocycles. The second-order valence-electron chi connectivity index (χ2n) is 4.83. The molecule has 96 valence electrons. The van der Waals surface area contributed by atoms with Gasteiger partial charge in [0, 0.05) is 12.1 Å². The van der Waals surface area contributed by atoms with Crippen LogP contribution in [0.2, 0.25) is 0 Å². The lowest BCUT2D eigenvalue weighted by molar-refractivity contribution is -0.141. The number of hydrogen-bond acceptors (Lipinski definition) is 2. The molecule has 1 aromatic heterocycles. The highest BCUT2D eigenvalue weighted by atomic mass is 19.4. The smallest absolute Gasteiger partial charge is 0.345 e. The number of aromatic nitrogens is 2. The van der Waals surface area contributed by atoms with Crippen molar-refractivity contribution in [3.05, 3.63) is 17.2 Å². The summed E-state index contributed by atoms with van der Waals surface area (Å²) in [6.45, 7) is 5.19. The summed E-state index contributed by atoms with van der Waals surface area (Å²) < 4.78 is 38.3. The summed E-state index contributed by atoms with van der Waals surface area (Å²) in [6.07, 6.45) is -3.78. The van der Waals surface area contributed by atoms with Crippen LogP contribution in [-0.4, -0.2) is 23.1 Å². The molecule has 2 heterocycles. The van der Waals surface area contributed by atoms with Crippen molar-refractivity contribution in [1.29, 1.82) is 0 Å². The maximum absolute atomic E-state index is 12.8. The summed E-state index contributed by atoms with van der Waals surface area (Å²) in [5.41, 5.74) is -0.561. The first-order valence-corrected chi connectivity index (χ1v) is 5.74. The zero-order valence-electron chi connectivity index (χ0n) is 9.86. The molecule has 0 radical (unpaired) electrons. The van der Waals surface area contributed by atoms with E-state index in [0.717, 1.165) is 13.1 Å². The predicted octanol–water partition coefficient (Wildman–Crippen LogP) is 2.31. The maximum Gasteiger partial charge on any atom is 0.435 e. The van der Waals surface area contributed by atoms with E-state index in [-0.39, 0.29) is 11.6 Å². The van der Waals surface area contributed by atoms with Gasteiger partial charge in [-0.3, -0.25) is 0 Å². The Balaban J connectivity index is 2.23. The minimum Gasteiger partial charge on any atom is -0.345 e. The highest BCUT2D eigenvalue weighted by molar-refractivity contribution is 5.21. The molecule has 1 aliphatic rings.